The molecule has 94 valence electrons. The van der Waals surface area contributed by atoms with Crippen LogP contribution in [0.2, 0.25) is 0 Å². The Morgan fingerprint density at radius 3 is 2.88 bits per heavy atom. The summed E-state index contributed by atoms with van der Waals surface area (Å²) in [5.74, 6) is 0. The topological polar surface area (TPSA) is 105 Å². The van der Waals surface area contributed by atoms with Crippen molar-refractivity contribution < 1.29 is 14.9 Å². The van der Waals surface area contributed by atoms with Gasteiger partial charge in [0.2, 0.25) is 0 Å². The van der Waals surface area contributed by atoms with Gasteiger partial charge >= 0.3 is 5.69 Å². The second-order valence-corrected chi connectivity index (χ2v) is 4.09. The Labute approximate surface area is 96.3 Å². The van der Waals surface area contributed by atoms with Crippen molar-refractivity contribution in [3.63, 3.8) is 0 Å². The molecule has 7 nitrogen and oxygen atoms in total. The van der Waals surface area contributed by atoms with Crippen LogP contribution in [0.5, 0.6) is 0 Å². The van der Waals surface area contributed by atoms with Gasteiger partial charge in [-0.2, -0.15) is 0 Å². The third kappa shape index (κ3) is 2.17. The number of aromatic nitrogens is 2. The minimum atomic E-state index is -0.816. The molecule has 2 heterocycles. The summed E-state index contributed by atoms with van der Waals surface area (Å²) >= 11 is 0. The van der Waals surface area contributed by atoms with Gasteiger partial charge in [-0.05, 0) is 6.92 Å². The molecule has 0 radical (unpaired) electrons. The smallest absolute Gasteiger partial charge is 0.330 e. The fraction of sp³-hybridized carbons (Fsp3) is 0.600. The van der Waals surface area contributed by atoms with Crippen molar-refractivity contribution in [2.24, 2.45) is 0 Å². The van der Waals surface area contributed by atoms with Crippen LogP contribution in [0, 0.1) is 6.92 Å². The highest BCUT2D eigenvalue weighted by Crippen LogP contribution is 2.27. The van der Waals surface area contributed by atoms with Crippen LogP contribution in [0.25, 0.3) is 0 Å². The van der Waals surface area contributed by atoms with Crippen LogP contribution in [0.1, 0.15) is 18.2 Å². The lowest BCUT2D eigenvalue weighted by Gasteiger charge is -2.14. The molecule has 1 saturated heterocycles. The number of rotatable bonds is 2. The van der Waals surface area contributed by atoms with E-state index in [0.29, 0.717) is 5.56 Å². The first-order valence-electron chi connectivity index (χ1n) is 5.29. The quantitative estimate of drug-likeness (QED) is 0.548. The van der Waals surface area contributed by atoms with Gasteiger partial charge in [-0.1, -0.05) is 0 Å². The molecular formula is C10H14N2O5. The number of aryl methyl sites for hydroxylation is 1. The summed E-state index contributed by atoms with van der Waals surface area (Å²) in [5.41, 5.74) is -0.643. The molecule has 1 fully saturated rings. The van der Waals surface area contributed by atoms with Crippen molar-refractivity contribution in [1.82, 2.24) is 9.55 Å². The zero-order chi connectivity index (χ0) is 12.6. The lowest BCUT2D eigenvalue weighted by molar-refractivity contribution is -0.0459. The number of H-pyrrole nitrogens is 1. The molecule has 1 aromatic heterocycles. The largest absolute Gasteiger partial charge is 0.394 e. The predicted octanol–water partition coefficient (Wildman–Crippen LogP) is -1.51. The van der Waals surface area contributed by atoms with E-state index in [4.69, 9.17) is 9.84 Å². The number of aliphatic hydroxyl groups excluding tert-OH is 2. The fourth-order valence-electron chi connectivity index (χ4n) is 1.85. The van der Waals surface area contributed by atoms with Crippen LogP contribution < -0.4 is 11.2 Å². The second-order valence-electron chi connectivity index (χ2n) is 4.09. The minimum absolute atomic E-state index is 0.205. The fourth-order valence-corrected chi connectivity index (χ4v) is 1.85. The molecular weight excluding hydrogens is 230 g/mol. The van der Waals surface area contributed by atoms with Crippen molar-refractivity contribution in [3.8, 4) is 0 Å². The molecule has 17 heavy (non-hydrogen) atoms. The number of hydrogen-bond acceptors (Lipinski definition) is 5. The van der Waals surface area contributed by atoms with Crippen LogP contribution in [0.15, 0.2) is 15.8 Å². The van der Waals surface area contributed by atoms with Gasteiger partial charge in [0.1, 0.15) is 12.3 Å². The third-order valence-electron chi connectivity index (χ3n) is 2.84. The van der Waals surface area contributed by atoms with E-state index >= 15 is 0 Å². The van der Waals surface area contributed by atoms with Gasteiger partial charge in [0.05, 0.1) is 12.7 Å². The van der Waals surface area contributed by atoms with E-state index in [9.17, 15) is 14.7 Å². The van der Waals surface area contributed by atoms with E-state index in [1.54, 1.807) is 6.92 Å². The van der Waals surface area contributed by atoms with Gasteiger partial charge in [-0.15, -0.1) is 0 Å². The van der Waals surface area contributed by atoms with Gasteiger partial charge in [-0.3, -0.25) is 14.3 Å². The summed E-state index contributed by atoms with van der Waals surface area (Å²) < 4.78 is 6.54. The van der Waals surface area contributed by atoms with Gasteiger partial charge < -0.3 is 14.9 Å². The number of nitrogens with one attached hydrogen (secondary N) is 1. The first-order valence-corrected chi connectivity index (χ1v) is 5.29. The standard InChI is InChI=1S/C10H14N2O5/c1-5-3-12(10(16)11-9(5)15)8-2-6(14)7(4-13)17-8/h3,6-8,13-14H,2,4H2,1H3,(H,11,15,16)/t6-,7+,8+/m0/s1/i2+1,4+1. The number of ether oxygens (including phenoxy) is 1. The lowest BCUT2D eigenvalue weighted by Crippen LogP contribution is -2.33. The van der Waals surface area contributed by atoms with Crippen molar-refractivity contribution >= 4 is 0 Å². The highest BCUT2D eigenvalue weighted by Gasteiger charge is 2.34. The molecule has 1 aliphatic rings. The summed E-state index contributed by atoms with van der Waals surface area (Å²) in [5, 5.41) is 18.5. The molecule has 0 aliphatic carbocycles. The zero-order valence-corrected chi connectivity index (χ0v) is 9.29. The van der Waals surface area contributed by atoms with Crippen molar-refractivity contribution in [1.29, 1.82) is 0 Å². The zero-order valence-electron chi connectivity index (χ0n) is 9.29. The predicted molar refractivity (Wildman–Crippen MR) is 57.7 cm³/mol. The summed E-state index contributed by atoms with van der Waals surface area (Å²) in [6.07, 6.45) is -0.581. The van der Waals surface area contributed by atoms with E-state index in [-0.39, 0.29) is 13.0 Å². The summed E-state index contributed by atoms with van der Waals surface area (Å²) in [7, 11) is 0. The Bertz CT molecular complexity index is 520. The molecule has 0 unspecified atom stereocenters. The lowest BCUT2D eigenvalue weighted by atomic mass is 10.4. The van der Waals surface area contributed by atoms with E-state index in [0.717, 1.165) is 0 Å². The van der Waals surface area contributed by atoms with Crippen LogP contribution in [0.3, 0.4) is 0 Å². The summed E-state index contributed by atoms with van der Waals surface area (Å²) in [6, 6.07) is 0. The van der Waals surface area contributed by atoms with E-state index in [2.05, 4.69) is 4.98 Å². The van der Waals surface area contributed by atoms with Crippen molar-refractivity contribution in [2.45, 2.75) is 31.8 Å². The maximum atomic E-state index is 11.6. The van der Waals surface area contributed by atoms with Crippen LogP contribution in [-0.2, 0) is 4.74 Å². The molecule has 3 atom stereocenters. The van der Waals surface area contributed by atoms with Crippen molar-refractivity contribution in [2.75, 3.05) is 6.61 Å². The highest BCUT2D eigenvalue weighted by molar-refractivity contribution is 5.02. The highest BCUT2D eigenvalue weighted by atomic mass is 16.6. The third-order valence-corrected chi connectivity index (χ3v) is 2.84. The molecule has 0 aromatic carbocycles. The van der Waals surface area contributed by atoms with Gasteiger partial charge in [0, 0.05) is 18.2 Å². The average molecular weight is 244 g/mol. The summed E-state index contributed by atoms with van der Waals surface area (Å²) in [6.45, 7) is 1.26. The Hall–Kier alpha value is -1.44. The first-order chi connectivity index (χ1) is 8.02. The van der Waals surface area contributed by atoms with Gasteiger partial charge in [0.15, 0.2) is 0 Å². The average Bonchev–Trinajstić information content (AvgIpc) is 2.65. The Balaban J connectivity index is 2.34. The molecule has 0 amide bonds. The molecule has 0 bridgehead atoms. The number of nitrogens with zero attached hydrogens (tertiary/aromatic N) is 1. The molecule has 0 spiro atoms. The first kappa shape index (κ1) is 12.0. The molecule has 1 aromatic rings. The molecule has 0 saturated carbocycles. The van der Waals surface area contributed by atoms with Crippen molar-refractivity contribution in [3.05, 3.63) is 32.6 Å². The molecule has 3 N–H and O–H groups in total. The van der Waals surface area contributed by atoms with Gasteiger partial charge in [-0.25, -0.2) is 4.79 Å². The second kappa shape index (κ2) is 4.44. The normalized spacial score (nSPS) is 28.5. The molecule has 2 rings (SSSR count). The Kier molecular flexibility index (Phi) is 3.14. The number of aliphatic hydroxyl groups is 2. The van der Waals surface area contributed by atoms with Crippen LogP contribution in [0.4, 0.5) is 0 Å². The maximum absolute atomic E-state index is 11.6. The number of hydrogen-bond donors (Lipinski definition) is 3. The number of aromatic amines is 1. The van der Waals surface area contributed by atoms with E-state index < -0.39 is 29.7 Å². The summed E-state index contributed by atoms with van der Waals surface area (Å²) in [4.78, 5) is 24.9. The molecule has 1 aliphatic heterocycles. The Morgan fingerprint density at radius 2 is 2.29 bits per heavy atom. The molecule has 7 heteroatoms. The van der Waals surface area contributed by atoms with E-state index in [1.807, 2.05) is 0 Å². The SMILES string of the molecule is Cc1cn([C@H]2[13CH2][C@H](O)[C@@H]([13CH2]O)O2)c(=O)[nH]c1=O. The van der Waals surface area contributed by atoms with Gasteiger partial charge in [0.25, 0.3) is 5.56 Å². The Morgan fingerprint density at radius 1 is 1.59 bits per heavy atom. The monoisotopic (exact) mass is 244 g/mol. The minimum Gasteiger partial charge on any atom is -0.394 e. The maximum Gasteiger partial charge on any atom is 0.330 e. The van der Waals surface area contributed by atoms with E-state index in [1.165, 1.54) is 10.8 Å². The van der Waals surface area contributed by atoms with Crippen LogP contribution >= 0.6 is 0 Å². The van der Waals surface area contributed by atoms with Crippen LogP contribution in [-0.4, -0.2) is 38.6 Å².